The number of allylic oxidation sites excluding steroid dienone is 8. The van der Waals surface area contributed by atoms with Gasteiger partial charge in [-0.15, -0.1) is 35.4 Å². The minimum Gasteiger partial charge on any atom is -1.00 e. The maximum Gasteiger partial charge on any atom is 4.00 e. The molecule has 0 atom stereocenters. The Morgan fingerprint density at radius 3 is 1.10 bits per heavy atom. The smallest absolute Gasteiger partial charge is 1.00 e. The summed E-state index contributed by atoms with van der Waals surface area (Å²) in [6.45, 7) is 8.62. The molecule has 2 aromatic rings. The van der Waals surface area contributed by atoms with Crippen molar-refractivity contribution in [2.45, 2.75) is 40.5 Å². The molecule has 0 spiro atoms. The molecule has 0 radical (unpaired) electrons. The zero-order valence-electron chi connectivity index (χ0n) is 17.4. The van der Waals surface area contributed by atoms with Crippen molar-refractivity contribution in [3.63, 3.8) is 0 Å². The Morgan fingerprint density at radius 2 is 0.862 bits per heavy atom. The van der Waals surface area contributed by atoms with Crippen molar-refractivity contribution >= 4 is 11.1 Å². The fourth-order valence-electron chi connectivity index (χ4n) is 3.18. The third-order valence-electron chi connectivity index (χ3n) is 5.09. The van der Waals surface area contributed by atoms with Gasteiger partial charge in [-0.3, -0.25) is 0 Å². The van der Waals surface area contributed by atoms with Gasteiger partial charge in [-0.25, -0.2) is 0 Å². The van der Waals surface area contributed by atoms with Crippen molar-refractivity contribution in [2.24, 2.45) is 0 Å². The molecule has 0 nitrogen and oxygen atoms in total. The van der Waals surface area contributed by atoms with Gasteiger partial charge in [0.05, 0.1) is 0 Å². The maximum absolute atomic E-state index is 3.42. The molecule has 29 heavy (non-hydrogen) atoms. The summed E-state index contributed by atoms with van der Waals surface area (Å²) in [6, 6.07) is 21.0. The molecule has 0 aromatic heterocycles. The van der Waals surface area contributed by atoms with Crippen LogP contribution in [-0.4, -0.2) is 0 Å². The monoisotopic (exact) mass is 498 g/mol. The summed E-state index contributed by atoms with van der Waals surface area (Å²) in [5.41, 5.74) is 10.8. The van der Waals surface area contributed by atoms with E-state index >= 15 is 0 Å². The fourth-order valence-corrected chi connectivity index (χ4v) is 3.18. The van der Waals surface area contributed by atoms with Crippen molar-refractivity contribution < 1.29 is 51.0 Å². The third-order valence-corrected chi connectivity index (χ3v) is 5.09. The zero-order chi connectivity index (χ0) is 18.5. The second-order valence-corrected chi connectivity index (χ2v) is 7.10. The summed E-state index contributed by atoms with van der Waals surface area (Å²) in [7, 11) is 0. The van der Waals surface area contributed by atoms with E-state index in [1.54, 1.807) is 0 Å². The van der Waals surface area contributed by atoms with Gasteiger partial charge in [0.25, 0.3) is 0 Å². The number of rotatable bonds is 2. The van der Waals surface area contributed by atoms with Crippen LogP contribution in [0.1, 0.15) is 51.7 Å². The SMILES string of the molecule is CC1=C(C)CC(c2ccccc2)=[C-]1.CC1=C(C)CC(c2ccccc2)=[C-]1.[Cl-].[Cl-].[Zr+4]. The first-order valence-electron chi connectivity index (χ1n) is 9.24. The van der Waals surface area contributed by atoms with Gasteiger partial charge in [0, 0.05) is 0 Å². The summed E-state index contributed by atoms with van der Waals surface area (Å²) in [5.74, 6) is 0. The van der Waals surface area contributed by atoms with Crippen LogP contribution in [0.3, 0.4) is 0 Å². The predicted molar refractivity (Wildman–Crippen MR) is 112 cm³/mol. The predicted octanol–water partition coefficient (Wildman–Crippen LogP) is 1.23. The molecule has 0 N–H and O–H groups in total. The Morgan fingerprint density at radius 1 is 0.552 bits per heavy atom. The van der Waals surface area contributed by atoms with E-state index in [0.717, 1.165) is 12.8 Å². The molecule has 0 fully saturated rings. The van der Waals surface area contributed by atoms with Crippen LogP contribution in [0.15, 0.2) is 83.0 Å². The van der Waals surface area contributed by atoms with Crippen molar-refractivity contribution in [3.05, 3.63) is 106 Å². The average Bonchev–Trinajstić information content (AvgIpc) is 3.19. The minimum atomic E-state index is 0. The van der Waals surface area contributed by atoms with Gasteiger partial charge in [0.15, 0.2) is 0 Å². The molecule has 2 aliphatic carbocycles. The molecule has 2 aromatic carbocycles. The first-order chi connectivity index (χ1) is 12.5. The second kappa shape index (κ2) is 13.2. The minimum absolute atomic E-state index is 0. The van der Waals surface area contributed by atoms with Gasteiger partial charge in [-0.1, -0.05) is 76.9 Å². The Labute approximate surface area is 207 Å². The Hall–Kier alpha value is -1.14. The molecule has 0 saturated heterocycles. The van der Waals surface area contributed by atoms with Crippen LogP contribution in [0, 0.1) is 12.2 Å². The average molecular weight is 501 g/mol. The maximum atomic E-state index is 3.42. The fraction of sp³-hybridized carbons (Fsp3) is 0.231. The van der Waals surface area contributed by atoms with Crippen LogP contribution >= 0.6 is 0 Å². The topological polar surface area (TPSA) is 0 Å². The van der Waals surface area contributed by atoms with Crippen molar-refractivity contribution in [2.75, 3.05) is 0 Å². The largest absolute Gasteiger partial charge is 4.00 e. The van der Waals surface area contributed by atoms with Crippen LogP contribution in [-0.2, 0) is 26.2 Å². The Bertz CT molecular complexity index is 827. The van der Waals surface area contributed by atoms with Crippen LogP contribution in [0.25, 0.3) is 11.1 Å². The first-order valence-corrected chi connectivity index (χ1v) is 9.24. The molecular weight excluding hydrogens is 474 g/mol. The van der Waals surface area contributed by atoms with Gasteiger partial charge >= 0.3 is 26.2 Å². The molecule has 0 bridgehead atoms. The van der Waals surface area contributed by atoms with E-state index < -0.39 is 0 Å². The molecule has 0 amide bonds. The summed E-state index contributed by atoms with van der Waals surface area (Å²) in [6.07, 6.45) is 8.96. The van der Waals surface area contributed by atoms with Gasteiger partial charge in [-0.2, -0.15) is 45.6 Å². The van der Waals surface area contributed by atoms with Crippen LogP contribution in [0.4, 0.5) is 0 Å². The number of hydrogen-bond donors (Lipinski definition) is 0. The summed E-state index contributed by atoms with van der Waals surface area (Å²) < 4.78 is 0. The van der Waals surface area contributed by atoms with Crippen molar-refractivity contribution in [3.8, 4) is 0 Å². The van der Waals surface area contributed by atoms with Crippen molar-refractivity contribution in [1.29, 1.82) is 0 Å². The quantitative estimate of drug-likeness (QED) is 0.545. The molecule has 148 valence electrons. The molecular formula is C26H26Cl2Zr. The van der Waals surface area contributed by atoms with Gasteiger partial charge in [-0.05, 0) is 0 Å². The molecule has 3 heteroatoms. The molecule has 4 rings (SSSR count). The third kappa shape index (κ3) is 7.56. The van der Waals surface area contributed by atoms with Crippen LogP contribution in [0.2, 0.25) is 0 Å². The summed E-state index contributed by atoms with van der Waals surface area (Å²) in [5, 5.41) is 0. The first kappa shape index (κ1) is 27.9. The van der Waals surface area contributed by atoms with Gasteiger partial charge in [0.2, 0.25) is 0 Å². The standard InChI is InChI=1S/2C13H13.2ClH.Zr/c2*1-10-8-13(9-11(10)2)12-6-4-3-5-7-12;;;/h2*3-7H,8H2,1-2H3;2*1H;/q2*-1;;;+4/p-2. The van der Waals surface area contributed by atoms with E-state index in [4.69, 9.17) is 0 Å². The molecule has 0 heterocycles. The number of hydrogen-bond acceptors (Lipinski definition) is 0. The molecule has 0 unspecified atom stereocenters. The normalized spacial score (nSPS) is 14.6. The van der Waals surface area contributed by atoms with Gasteiger partial charge < -0.3 is 24.8 Å². The van der Waals surface area contributed by atoms with E-state index in [1.807, 2.05) is 12.1 Å². The second-order valence-electron chi connectivity index (χ2n) is 7.10. The van der Waals surface area contributed by atoms with Gasteiger partial charge in [0.1, 0.15) is 0 Å². The van der Waals surface area contributed by atoms with Crippen LogP contribution in [0.5, 0.6) is 0 Å². The van der Waals surface area contributed by atoms with Crippen molar-refractivity contribution in [1.82, 2.24) is 0 Å². The van der Waals surface area contributed by atoms with E-state index in [1.165, 1.54) is 44.6 Å². The summed E-state index contributed by atoms with van der Waals surface area (Å²) in [4.78, 5) is 0. The van der Waals surface area contributed by atoms with E-state index in [9.17, 15) is 0 Å². The molecule has 0 saturated carbocycles. The van der Waals surface area contributed by atoms with E-state index in [2.05, 4.69) is 88.4 Å². The number of halogens is 2. The summed E-state index contributed by atoms with van der Waals surface area (Å²) >= 11 is 0. The van der Waals surface area contributed by atoms with E-state index in [-0.39, 0.29) is 51.0 Å². The molecule has 2 aliphatic rings. The van der Waals surface area contributed by atoms with E-state index in [0.29, 0.717) is 0 Å². The van der Waals surface area contributed by atoms with Crippen LogP contribution < -0.4 is 24.8 Å². The number of benzene rings is 2. The Balaban J connectivity index is 0.000000490. The molecule has 0 aliphatic heterocycles. The Kier molecular flexibility index (Phi) is 12.7. The zero-order valence-corrected chi connectivity index (χ0v) is 21.4.